The minimum Gasteiger partial charge on any atom is -0.506 e. The number of nitrogens with zero attached hydrogens (tertiary/aromatic N) is 1. The molecule has 0 radical (unpaired) electrons. The zero-order valence-corrected chi connectivity index (χ0v) is 17.2. The molecule has 7 heteroatoms. The summed E-state index contributed by atoms with van der Waals surface area (Å²) >= 11 is 12.4. The van der Waals surface area contributed by atoms with E-state index in [1.165, 1.54) is 4.88 Å². The molecule has 2 N–H and O–H groups in total. The van der Waals surface area contributed by atoms with Gasteiger partial charge in [0, 0.05) is 41.1 Å². The lowest BCUT2D eigenvalue weighted by Crippen LogP contribution is -2.45. The van der Waals surface area contributed by atoms with Crippen molar-refractivity contribution in [2.75, 3.05) is 26.2 Å². The van der Waals surface area contributed by atoms with Gasteiger partial charge in [-0.2, -0.15) is 0 Å². The number of piperazine rings is 1. The molecule has 0 amide bonds. The molecule has 0 saturated carbocycles. The van der Waals surface area contributed by atoms with Crippen LogP contribution in [0.4, 0.5) is 0 Å². The molecule has 0 spiro atoms. The van der Waals surface area contributed by atoms with E-state index in [0.717, 1.165) is 40.7 Å². The molecule has 1 atom stereocenters. The second-order valence-corrected chi connectivity index (χ2v) is 8.60. The van der Waals surface area contributed by atoms with Gasteiger partial charge in [0.15, 0.2) is 0 Å². The zero-order chi connectivity index (χ0) is 15.7. The number of thiophene rings is 1. The van der Waals surface area contributed by atoms with Crippen LogP contribution in [0, 0.1) is 0 Å². The van der Waals surface area contributed by atoms with Gasteiger partial charge < -0.3 is 10.4 Å². The van der Waals surface area contributed by atoms with Gasteiger partial charge >= 0.3 is 0 Å². The van der Waals surface area contributed by atoms with Crippen LogP contribution in [0.25, 0.3) is 0 Å². The van der Waals surface area contributed by atoms with Crippen LogP contribution in [0.5, 0.6) is 5.75 Å². The Morgan fingerprint density at radius 1 is 1.18 bits per heavy atom. The Morgan fingerprint density at radius 3 is 2.55 bits per heavy atom. The number of phenolic OH excluding ortho intramolecular Hbond substituents is 1. The smallest absolute Gasteiger partial charge is 0.144 e. The van der Waals surface area contributed by atoms with Gasteiger partial charge in [-0.05, 0) is 49.4 Å². The summed E-state index contributed by atoms with van der Waals surface area (Å²) in [6.07, 6.45) is 0. The van der Waals surface area contributed by atoms with Crippen LogP contribution in [0.3, 0.4) is 0 Å². The molecule has 3 rings (SSSR count). The normalized spacial score (nSPS) is 17.6. The maximum Gasteiger partial charge on any atom is 0.144 e. The number of hydrogen-bond donors (Lipinski definition) is 2. The third-order valence-electron chi connectivity index (χ3n) is 3.78. The van der Waals surface area contributed by atoms with E-state index >= 15 is 0 Å². The van der Waals surface area contributed by atoms with Crippen molar-refractivity contribution in [1.82, 2.24) is 10.2 Å². The molecule has 3 nitrogen and oxygen atoms in total. The Balaban J connectivity index is 2.12. The van der Waals surface area contributed by atoms with Crippen molar-refractivity contribution in [1.29, 1.82) is 0 Å². The predicted octanol–water partition coefficient (Wildman–Crippen LogP) is 4.74. The van der Waals surface area contributed by atoms with Gasteiger partial charge in [-0.25, -0.2) is 0 Å². The molecule has 1 aromatic heterocycles. The van der Waals surface area contributed by atoms with Gasteiger partial charge in [0.05, 0.1) is 15.0 Å². The highest BCUT2D eigenvalue weighted by Crippen LogP contribution is 2.46. The molecule has 1 saturated heterocycles. The number of halogens is 3. The quantitative estimate of drug-likeness (QED) is 0.626. The fraction of sp³-hybridized carbons (Fsp3) is 0.333. The SMILES string of the molecule is Oc1c(Br)cc(Br)c([C@H](c2cccs2)N2CCNCC2)c1Br. The molecule has 1 aliphatic rings. The van der Waals surface area contributed by atoms with Crippen LogP contribution in [-0.4, -0.2) is 36.2 Å². The first-order valence-corrected chi connectivity index (χ1v) is 10.2. The lowest BCUT2D eigenvalue weighted by molar-refractivity contribution is 0.199. The van der Waals surface area contributed by atoms with Crippen LogP contribution in [-0.2, 0) is 0 Å². The Kier molecular flexibility index (Phi) is 5.63. The third kappa shape index (κ3) is 3.30. The van der Waals surface area contributed by atoms with Crippen LogP contribution >= 0.6 is 59.1 Å². The highest BCUT2D eigenvalue weighted by molar-refractivity contribution is 9.11. The van der Waals surface area contributed by atoms with Gasteiger partial charge in [-0.1, -0.05) is 22.0 Å². The summed E-state index contributed by atoms with van der Waals surface area (Å²) in [5, 5.41) is 15.8. The van der Waals surface area contributed by atoms with Gasteiger partial charge in [0.25, 0.3) is 0 Å². The number of benzene rings is 1. The Morgan fingerprint density at radius 2 is 1.91 bits per heavy atom. The lowest BCUT2D eigenvalue weighted by atomic mass is 10.0. The molecule has 0 unspecified atom stereocenters. The summed E-state index contributed by atoms with van der Waals surface area (Å²) < 4.78 is 2.41. The predicted molar refractivity (Wildman–Crippen MR) is 102 cm³/mol. The summed E-state index contributed by atoms with van der Waals surface area (Å²) in [6, 6.07) is 6.29. The van der Waals surface area contributed by atoms with Gasteiger partial charge in [0.1, 0.15) is 5.75 Å². The molecular formula is C15H15Br3N2OS. The molecule has 1 aliphatic heterocycles. The van der Waals surface area contributed by atoms with Crippen LogP contribution in [0.2, 0.25) is 0 Å². The number of rotatable bonds is 3. The molecule has 118 valence electrons. The zero-order valence-electron chi connectivity index (χ0n) is 11.7. The number of aromatic hydroxyl groups is 1. The van der Waals surface area contributed by atoms with Gasteiger partial charge in [0.2, 0.25) is 0 Å². The van der Waals surface area contributed by atoms with E-state index in [0.29, 0.717) is 4.47 Å². The summed E-state index contributed by atoms with van der Waals surface area (Å²) in [5.74, 6) is 0.245. The van der Waals surface area contributed by atoms with Crippen molar-refractivity contribution in [3.05, 3.63) is 47.4 Å². The third-order valence-corrected chi connectivity index (χ3v) is 6.77. The van der Waals surface area contributed by atoms with Crippen molar-refractivity contribution in [2.45, 2.75) is 6.04 Å². The minimum atomic E-state index is 0.129. The molecule has 1 aromatic carbocycles. The summed E-state index contributed by atoms with van der Waals surface area (Å²) in [5.41, 5.74) is 1.07. The Labute approximate surface area is 159 Å². The monoisotopic (exact) mass is 508 g/mol. The maximum atomic E-state index is 10.3. The van der Waals surface area contributed by atoms with E-state index in [1.54, 1.807) is 11.3 Å². The van der Waals surface area contributed by atoms with E-state index in [2.05, 4.69) is 75.5 Å². The van der Waals surface area contributed by atoms with Crippen LogP contribution in [0.15, 0.2) is 37.0 Å². The standard InChI is InChI=1S/C15H15Br3N2OS/c16-9-8-10(17)15(21)13(18)12(9)14(11-2-1-7-22-11)20-5-3-19-4-6-20/h1-2,7-8,14,19,21H,3-6H2/t14-/m0/s1. The van der Waals surface area contributed by atoms with Crippen molar-refractivity contribution in [3.8, 4) is 5.75 Å². The minimum absolute atomic E-state index is 0.129. The van der Waals surface area contributed by atoms with E-state index in [4.69, 9.17) is 0 Å². The van der Waals surface area contributed by atoms with Crippen molar-refractivity contribution in [3.63, 3.8) is 0 Å². The van der Waals surface area contributed by atoms with Crippen molar-refractivity contribution < 1.29 is 5.11 Å². The Bertz CT molecular complexity index is 657. The summed E-state index contributed by atoms with van der Waals surface area (Å²) in [6.45, 7) is 3.94. The number of nitrogens with one attached hydrogen (secondary N) is 1. The fourth-order valence-electron chi connectivity index (χ4n) is 2.74. The van der Waals surface area contributed by atoms with E-state index < -0.39 is 0 Å². The Hall–Kier alpha value is 0.0800. The highest BCUT2D eigenvalue weighted by atomic mass is 79.9. The largest absolute Gasteiger partial charge is 0.506 e. The van der Waals surface area contributed by atoms with Gasteiger partial charge in [-0.3, -0.25) is 4.90 Å². The molecule has 2 aromatic rings. The molecule has 22 heavy (non-hydrogen) atoms. The van der Waals surface area contributed by atoms with Gasteiger partial charge in [-0.15, -0.1) is 11.3 Å². The summed E-state index contributed by atoms with van der Waals surface area (Å²) in [4.78, 5) is 3.74. The fourth-order valence-corrected chi connectivity index (χ4v) is 6.16. The second-order valence-electron chi connectivity index (χ2n) is 5.12. The second kappa shape index (κ2) is 7.32. The first-order chi connectivity index (χ1) is 10.6. The summed E-state index contributed by atoms with van der Waals surface area (Å²) in [7, 11) is 0. The van der Waals surface area contributed by atoms with Crippen LogP contribution in [0.1, 0.15) is 16.5 Å². The molecule has 0 bridgehead atoms. The van der Waals surface area contributed by atoms with E-state index in [1.807, 2.05) is 6.07 Å². The first kappa shape index (κ1) is 16.9. The maximum absolute atomic E-state index is 10.3. The lowest BCUT2D eigenvalue weighted by Gasteiger charge is -2.35. The number of phenols is 1. The average Bonchev–Trinajstić information content (AvgIpc) is 3.04. The van der Waals surface area contributed by atoms with Crippen molar-refractivity contribution in [2.24, 2.45) is 0 Å². The number of hydrogen-bond acceptors (Lipinski definition) is 4. The molecule has 2 heterocycles. The average molecular weight is 511 g/mol. The van der Waals surface area contributed by atoms with E-state index in [-0.39, 0.29) is 11.8 Å². The highest BCUT2D eigenvalue weighted by Gasteiger charge is 2.29. The molecular weight excluding hydrogens is 496 g/mol. The molecule has 1 fully saturated rings. The topological polar surface area (TPSA) is 35.5 Å². The first-order valence-electron chi connectivity index (χ1n) is 6.94. The molecule has 0 aliphatic carbocycles. The van der Waals surface area contributed by atoms with Crippen molar-refractivity contribution >= 4 is 59.1 Å². The van der Waals surface area contributed by atoms with E-state index in [9.17, 15) is 5.11 Å². The van der Waals surface area contributed by atoms with Crippen LogP contribution < -0.4 is 5.32 Å².